The predicted octanol–water partition coefficient (Wildman–Crippen LogP) is 4.27. The standard InChI is InChI=1S/C21H28N2O3S/c1-6-14(2)17(5)23-27(25,26)18-11-12-20(16(4)13-18)22-21(24)19-10-8-7-9-15(19)3/h7-14,17,23H,6H2,1-5H3,(H,22,24). The Labute approximate surface area is 162 Å². The smallest absolute Gasteiger partial charge is 0.255 e. The number of nitrogens with one attached hydrogen (secondary N) is 2. The number of rotatable bonds is 7. The summed E-state index contributed by atoms with van der Waals surface area (Å²) in [4.78, 5) is 12.7. The number of carbonyl (C=O) groups excluding carboxylic acids is 1. The van der Waals surface area contributed by atoms with E-state index in [9.17, 15) is 13.2 Å². The Kier molecular flexibility index (Phi) is 6.78. The summed E-state index contributed by atoms with van der Waals surface area (Å²) in [7, 11) is -3.60. The molecule has 1 amide bonds. The maximum Gasteiger partial charge on any atom is 0.255 e. The summed E-state index contributed by atoms with van der Waals surface area (Å²) >= 11 is 0. The number of hydrogen-bond donors (Lipinski definition) is 2. The molecule has 146 valence electrons. The van der Waals surface area contributed by atoms with Crippen molar-refractivity contribution in [2.75, 3.05) is 5.32 Å². The van der Waals surface area contributed by atoms with Gasteiger partial charge in [0, 0.05) is 17.3 Å². The molecular formula is C21H28N2O3S. The number of anilines is 1. The van der Waals surface area contributed by atoms with Crippen molar-refractivity contribution in [3.8, 4) is 0 Å². The molecule has 2 aromatic carbocycles. The SMILES string of the molecule is CCC(C)C(C)NS(=O)(=O)c1ccc(NC(=O)c2ccccc2C)c(C)c1. The molecule has 5 nitrogen and oxygen atoms in total. The first-order chi connectivity index (χ1) is 12.7. The maximum atomic E-state index is 12.6. The van der Waals surface area contributed by atoms with E-state index in [0.717, 1.165) is 12.0 Å². The summed E-state index contributed by atoms with van der Waals surface area (Å²) in [6.45, 7) is 9.58. The second-order valence-corrected chi connectivity index (χ2v) is 8.76. The van der Waals surface area contributed by atoms with Crippen LogP contribution in [0.1, 0.15) is 48.7 Å². The lowest BCUT2D eigenvalue weighted by Gasteiger charge is -2.20. The largest absolute Gasteiger partial charge is 0.322 e. The molecule has 0 spiro atoms. The van der Waals surface area contributed by atoms with Crippen LogP contribution in [0.2, 0.25) is 0 Å². The van der Waals surface area contributed by atoms with Gasteiger partial charge in [-0.2, -0.15) is 0 Å². The zero-order chi connectivity index (χ0) is 20.2. The van der Waals surface area contributed by atoms with E-state index in [4.69, 9.17) is 0 Å². The van der Waals surface area contributed by atoms with Gasteiger partial charge < -0.3 is 5.32 Å². The van der Waals surface area contributed by atoms with Gasteiger partial charge in [0.15, 0.2) is 0 Å². The molecule has 0 aromatic heterocycles. The van der Waals surface area contributed by atoms with Gasteiger partial charge in [-0.15, -0.1) is 0 Å². The van der Waals surface area contributed by atoms with Crippen molar-refractivity contribution >= 4 is 21.6 Å². The van der Waals surface area contributed by atoms with Crippen molar-refractivity contribution in [2.24, 2.45) is 5.92 Å². The highest BCUT2D eigenvalue weighted by Gasteiger charge is 2.21. The monoisotopic (exact) mass is 388 g/mol. The van der Waals surface area contributed by atoms with Crippen molar-refractivity contribution in [1.29, 1.82) is 0 Å². The highest BCUT2D eigenvalue weighted by molar-refractivity contribution is 7.89. The lowest BCUT2D eigenvalue weighted by atomic mass is 10.0. The molecular weight excluding hydrogens is 360 g/mol. The topological polar surface area (TPSA) is 75.3 Å². The minimum Gasteiger partial charge on any atom is -0.322 e. The van der Waals surface area contributed by atoms with Crippen LogP contribution < -0.4 is 10.0 Å². The van der Waals surface area contributed by atoms with Crippen LogP contribution in [0.3, 0.4) is 0 Å². The number of amides is 1. The number of benzene rings is 2. The molecule has 0 fully saturated rings. The number of sulfonamides is 1. The van der Waals surface area contributed by atoms with E-state index in [1.54, 1.807) is 25.1 Å². The fourth-order valence-corrected chi connectivity index (χ4v) is 4.18. The maximum absolute atomic E-state index is 12.6. The van der Waals surface area contributed by atoms with Crippen LogP contribution >= 0.6 is 0 Å². The molecule has 0 saturated carbocycles. The Morgan fingerprint density at radius 1 is 1.04 bits per heavy atom. The van der Waals surface area contributed by atoms with E-state index in [0.29, 0.717) is 16.8 Å². The molecule has 0 heterocycles. The lowest BCUT2D eigenvalue weighted by Crippen LogP contribution is -2.36. The van der Waals surface area contributed by atoms with Crippen molar-refractivity contribution in [3.63, 3.8) is 0 Å². The predicted molar refractivity (Wildman–Crippen MR) is 110 cm³/mol. The molecule has 2 atom stereocenters. The van der Waals surface area contributed by atoms with Crippen molar-refractivity contribution in [2.45, 2.75) is 52.0 Å². The van der Waals surface area contributed by atoms with Crippen LogP contribution in [0.25, 0.3) is 0 Å². The van der Waals surface area contributed by atoms with Gasteiger partial charge in [0.25, 0.3) is 5.91 Å². The third-order valence-electron chi connectivity index (χ3n) is 4.98. The molecule has 0 bridgehead atoms. The summed E-state index contributed by atoms with van der Waals surface area (Å²) in [5.74, 6) is 0.0314. The number of aryl methyl sites for hydroxylation is 2. The van der Waals surface area contributed by atoms with Gasteiger partial charge in [0.05, 0.1) is 4.90 Å². The highest BCUT2D eigenvalue weighted by Crippen LogP contribution is 2.22. The Morgan fingerprint density at radius 3 is 2.30 bits per heavy atom. The zero-order valence-corrected chi connectivity index (χ0v) is 17.4. The molecule has 0 aliphatic carbocycles. The van der Waals surface area contributed by atoms with Crippen molar-refractivity contribution < 1.29 is 13.2 Å². The molecule has 0 aliphatic rings. The number of carbonyl (C=O) groups is 1. The van der Waals surface area contributed by atoms with E-state index < -0.39 is 10.0 Å². The Morgan fingerprint density at radius 2 is 1.70 bits per heavy atom. The van der Waals surface area contributed by atoms with Crippen LogP contribution in [-0.4, -0.2) is 20.4 Å². The van der Waals surface area contributed by atoms with E-state index in [-0.39, 0.29) is 22.8 Å². The van der Waals surface area contributed by atoms with E-state index in [1.165, 1.54) is 6.07 Å². The molecule has 2 N–H and O–H groups in total. The van der Waals surface area contributed by atoms with E-state index in [2.05, 4.69) is 10.0 Å². The Balaban J connectivity index is 2.20. The first kappa shape index (κ1) is 21.1. The first-order valence-electron chi connectivity index (χ1n) is 9.15. The van der Waals surface area contributed by atoms with Crippen molar-refractivity contribution in [1.82, 2.24) is 4.72 Å². The minimum atomic E-state index is -3.60. The van der Waals surface area contributed by atoms with Crippen LogP contribution in [0.15, 0.2) is 47.4 Å². The van der Waals surface area contributed by atoms with Crippen LogP contribution in [0.5, 0.6) is 0 Å². The van der Waals surface area contributed by atoms with Crippen LogP contribution in [0, 0.1) is 19.8 Å². The molecule has 27 heavy (non-hydrogen) atoms. The van der Waals surface area contributed by atoms with E-state index >= 15 is 0 Å². The Hall–Kier alpha value is -2.18. The van der Waals surface area contributed by atoms with Gasteiger partial charge in [-0.3, -0.25) is 4.79 Å². The molecule has 0 saturated heterocycles. The Bertz CT molecular complexity index is 923. The quantitative estimate of drug-likeness (QED) is 0.744. The van der Waals surface area contributed by atoms with Gasteiger partial charge in [0.1, 0.15) is 0 Å². The summed E-state index contributed by atoms with van der Waals surface area (Å²) in [5, 5.41) is 2.86. The molecule has 6 heteroatoms. The van der Waals surface area contributed by atoms with Gasteiger partial charge in [0.2, 0.25) is 10.0 Å². The minimum absolute atomic E-state index is 0.152. The van der Waals surface area contributed by atoms with Gasteiger partial charge in [-0.1, -0.05) is 38.5 Å². The summed E-state index contributed by atoms with van der Waals surface area (Å²) < 4.78 is 28.0. The second-order valence-electron chi connectivity index (χ2n) is 7.04. The average molecular weight is 389 g/mol. The van der Waals surface area contributed by atoms with Crippen LogP contribution in [0.4, 0.5) is 5.69 Å². The molecule has 0 radical (unpaired) electrons. The summed E-state index contributed by atoms with van der Waals surface area (Å²) in [6.07, 6.45) is 0.895. The van der Waals surface area contributed by atoms with E-state index in [1.807, 2.05) is 45.9 Å². The zero-order valence-electron chi connectivity index (χ0n) is 16.5. The fourth-order valence-electron chi connectivity index (χ4n) is 2.74. The summed E-state index contributed by atoms with van der Waals surface area (Å²) in [5.41, 5.74) is 2.76. The average Bonchev–Trinajstić information content (AvgIpc) is 2.62. The summed E-state index contributed by atoms with van der Waals surface area (Å²) in [6, 6.07) is 11.9. The second kappa shape index (κ2) is 8.67. The third-order valence-corrected chi connectivity index (χ3v) is 6.54. The van der Waals surface area contributed by atoms with Crippen molar-refractivity contribution in [3.05, 3.63) is 59.2 Å². The van der Waals surface area contributed by atoms with Gasteiger partial charge in [-0.25, -0.2) is 13.1 Å². The first-order valence-corrected chi connectivity index (χ1v) is 10.6. The van der Waals surface area contributed by atoms with Crippen LogP contribution in [-0.2, 0) is 10.0 Å². The molecule has 2 aromatic rings. The third kappa shape index (κ3) is 5.17. The molecule has 0 aliphatic heterocycles. The lowest BCUT2D eigenvalue weighted by molar-refractivity contribution is 0.102. The molecule has 2 rings (SSSR count). The normalized spacial score (nSPS) is 13.8. The van der Waals surface area contributed by atoms with Gasteiger partial charge in [-0.05, 0) is 62.1 Å². The number of hydrogen-bond acceptors (Lipinski definition) is 3. The molecule has 2 unspecified atom stereocenters. The highest BCUT2D eigenvalue weighted by atomic mass is 32.2. The fraction of sp³-hybridized carbons (Fsp3) is 0.381. The van der Waals surface area contributed by atoms with Gasteiger partial charge >= 0.3 is 0 Å².